The van der Waals surface area contributed by atoms with E-state index < -0.39 is 0 Å². The molecule has 12 aromatic carbocycles. The molecule has 1 aromatic heterocycles. The number of hydrogen-bond acceptors (Lipinski definition) is 3. The third kappa shape index (κ3) is 5.79. The van der Waals surface area contributed by atoms with Crippen molar-refractivity contribution in [3.05, 3.63) is 224 Å². The lowest BCUT2D eigenvalue weighted by Crippen LogP contribution is -2.15. The Hall–Kier alpha value is -7.69. The lowest BCUT2D eigenvalue weighted by molar-refractivity contribution is 1.17. The van der Waals surface area contributed by atoms with Gasteiger partial charge in [0.15, 0.2) is 0 Å². The first-order chi connectivity index (χ1) is 32.2. The zero-order valence-corrected chi connectivity index (χ0v) is 36.8. The van der Waals surface area contributed by atoms with E-state index in [0.29, 0.717) is 0 Å². The van der Waals surface area contributed by atoms with Crippen LogP contribution in [0.1, 0.15) is 0 Å². The molecular formula is C62H37NS2. The molecule has 302 valence electrons. The van der Waals surface area contributed by atoms with Crippen LogP contribution in [0, 0.1) is 0 Å². The number of rotatable bonds is 5. The monoisotopic (exact) mass is 859 g/mol. The molecule has 0 aliphatic carbocycles. The summed E-state index contributed by atoms with van der Waals surface area (Å²) < 4.78 is 2.66. The van der Waals surface area contributed by atoms with Gasteiger partial charge in [-0.25, -0.2) is 0 Å². The Labute approximate surface area is 384 Å². The molecule has 0 saturated carbocycles. The van der Waals surface area contributed by atoms with E-state index in [2.05, 4.69) is 229 Å². The molecule has 65 heavy (non-hydrogen) atoms. The predicted octanol–water partition coefficient (Wildman–Crippen LogP) is 18.7. The van der Waals surface area contributed by atoms with E-state index in [4.69, 9.17) is 0 Å². The first-order valence-electron chi connectivity index (χ1n) is 22.2. The van der Waals surface area contributed by atoms with Crippen molar-refractivity contribution in [1.29, 1.82) is 0 Å². The molecule has 0 radical (unpaired) electrons. The summed E-state index contributed by atoms with van der Waals surface area (Å²) in [6.07, 6.45) is 0. The van der Waals surface area contributed by atoms with Crippen LogP contribution in [0.25, 0.3) is 108 Å². The molecule has 0 unspecified atom stereocenters. The standard InChI is InChI=1S/C62H37NS2/c1-2-11-38(12-3-1)41-15-8-16-44(33-41)48-28-23-39-26-31-53-49(29-24-40-25-30-52(48)60(39)61(40)53)45-17-9-18-47(34-45)63-55-36-46(50-20-10-21-54-51-19-6-7-22-57(51)65-62(50)54)27-32-58(55)64-59-37-43-14-5-4-13-42(43)35-56(59)63/h1-37H. The van der Waals surface area contributed by atoms with E-state index >= 15 is 0 Å². The van der Waals surface area contributed by atoms with Gasteiger partial charge in [0.25, 0.3) is 0 Å². The molecule has 1 aliphatic heterocycles. The quantitative estimate of drug-likeness (QED) is 0.159. The van der Waals surface area contributed by atoms with Crippen molar-refractivity contribution in [2.75, 3.05) is 4.90 Å². The second-order valence-corrected chi connectivity index (χ2v) is 19.3. The van der Waals surface area contributed by atoms with Crippen molar-refractivity contribution in [3.8, 4) is 44.5 Å². The number of fused-ring (bicyclic) bond motifs is 6. The van der Waals surface area contributed by atoms with Gasteiger partial charge in [-0.1, -0.05) is 188 Å². The summed E-state index contributed by atoms with van der Waals surface area (Å²) >= 11 is 3.76. The van der Waals surface area contributed by atoms with Crippen molar-refractivity contribution in [3.63, 3.8) is 0 Å². The number of benzene rings is 12. The largest absolute Gasteiger partial charge is 0.308 e. The summed E-state index contributed by atoms with van der Waals surface area (Å²) in [4.78, 5) is 5.02. The van der Waals surface area contributed by atoms with E-state index in [-0.39, 0.29) is 0 Å². The molecule has 13 aromatic rings. The van der Waals surface area contributed by atoms with Gasteiger partial charge in [-0.05, 0) is 136 Å². The van der Waals surface area contributed by atoms with Gasteiger partial charge in [-0.2, -0.15) is 0 Å². The van der Waals surface area contributed by atoms with Crippen molar-refractivity contribution >= 4 is 103 Å². The lowest BCUT2D eigenvalue weighted by Gasteiger charge is -2.34. The average molecular weight is 860 g/mol. The van der Waals surface area contributed by atoms with Crippen molar-refractivity contribution < 1.29 is 0 Å². The summed E-state index contributed by atoms with van der Waals surface area (Å²) in [7, 11) is 0. The number of hydrogen-bond donors (Lipinski definition) is 0. The second-order valence-electron chi connectivity index (χ2n) is 17.2. The molecule has 14 rings (SSSR count). The third-order valence-corrected chi connectivity index (χ3v) is 15.9. The Kier molecular flexibility index (Phi) is 8.15. The van der Waals surface area contributed by atoms with E-state index in [0.717, 1.165) is 5.69 Å². The van der Waals surface area contributed by atoms with Gasteiger partial charge in [0.1, 0.15) is 0 Å². The fourth-order valence-corrected chi connectivity index (χ4v) is 12.8. The summed E-state index contributed by atoms with van der Waals surface area (Å²) in [5.41, 5.74) is 13.4. The minimum Gasteiger partial charge on any atom is -0.308 e. The van der Waals surface area contributed by atoms with Crippen LogP contribution in [-0.2, 0) is 0 Å². The molecule has 0 N–H and O–H groups in total. The first-order valence-corrected chi connectivity index (χ1v) is 23.9. The highest BCUT2D eigenvalue weighted by atomic mass is 32.2. The van der Waals surface area contributed by atoms with Crippen LogP contribution >= 0.6 is 23.1 Å². The molecule has 2 heterocycles. The maximum Gasteiger partial charge on any atom is 0.0608 e. The topological polar surface area (TPSA) is 3.24 Å². The number of thiophene rings is 1. The lowest BCUT2D eigenvalue weighted by atomic mass is 9.87. The minimum absolute atomic E-state index is 1.14. The Morgan fingerprint density at radius 3 is 1.71 bits per heavy atom. The molecule has 0 spiro atoms. The van der Waals surface area contributed by atoms with Gasteiger partial charge >= 0.3 is 0 Å². The van der Waals surface area contributed by atoms with Crippen molar-refractivity contribution in [1.82, 2.24) is 0 Å². The first kappa shape index (κ1) is 36.8. The molecule has 0 fully saturated rings. The predicted molar refractivity (Wildman–Crippen MR) is 281 cm³/mol. The fourth-order valence-electron chi connectivity index (χ4n) is 10.5. The zero-order valence-electron chi connectivity index (χ0n) is 35.1. The smallest absolute Gasteiger partial charge is 0.0608 e. The zero-order chi connectivity index (χ0) is 42.6. The number of nitrogens with zero attached hydrogens (tertiary/aromatic N) is 1. The van der Waals surface area contributed by atoms with Crippen LogP contribution in [0.3, 0.4) is 0 Å². The summed E-state index contributed by atoms with van der Waals surface area (Å²) in [6, 6.07) is 83.6. The van der Waals surface area contributed by atoms with Crippen molar-refractivity contribution in [2.45, 2.75) is 9.79 Å². The Morgan fingerprint density at radius 1 is 0.308 bits per heavy atom. The molecule has 3 heteroatoms. The molecule has 1 aliphatic rings. The molecule has 1 nitrogen and oxygen atoms in total. The highest BCUT2D eigenvalue weighted by molar-refractivity contribution is 7.99. The van der Waals surface area contributed by atoms with E-state index in [1.807, 2.05) is 23.1 Å². The maximum atomic E-state index is 2.51. The van der Waals surface area contributed by atoms with Crippen LogP contribution in [0.4, 0.5) is 17.1 Å². The summed E-state index contributed by atoms with van der Waals surface area (Å²) in [5, 5.41) is 12.9. The number of anilines is 3. The average Bonchev–Trinajstić information content (AvgIpc) is 3.76. The van der Waals surface area contributed by atoms with Gasteiger partial charge in [0.05, 0.1) is 11.4 Å². The highest BCUT2D eigenvalue weighted by Crippen LogP contribution is 2.54. The van der Waals surface area contributed by atoms with Crippen LogP contribution in [0.15, 0.2) is 234 Å². The molecule has 0 amide bonds. The Bertz CT molecular complexity index is 4050. The molecule has 0 bridgehead atoms. The Balaban J connectivity index is 0.937. The van der Waals surface area contributed by atoms with Crippen LogP contribution in [-0.4, -0.2) is 0 Å². The third-order valence-electron chi connectivity index (χ3n) is 13.6. The SMILES string of the molecule is c1ccc(-c2cccc(-c3ccc4ccc5c(-c6cccc(N7c8cc(-c9cccc%10c9sc9ccccc9%10)ccc8Sc8cc9ccccc9cc87)c6)ccc6ccc3c4c65)c2)cc1. The van der Waals surface area contributed by atoms with Crippen LogP contribution in [0.5, 0.6) is 0 Å². The van der Waals surface area contributed by atoms with Gasteiger partial charge in [-0.3, -0.25) is 0 Å². The van der Waals surface area contributed by atoms with Gasteiger partial charge in [-0.15, -0.1) is 11.3 Å². The van der Waals surface area contributed by atoms with Gasteiger partial charge in [0.2, 0.25) is 0 Å². The van der Waals surface area contributed by atoms with E-state index in [1.165, 1.54) is 129 Å². The maximum absolute atomic E-state index is 2.51. The summed E-state index contributed by atoms with van der Waals surface area (Å²) in [6.45, 7) is 0. The van der Waals surface area contributed by atoms with Crippen LogP contribution in [0.2, 0.25) is 0 Å². The second kappa shape index (κ2) is 14.4. The Morgan fingerprint density at radius 2 is 0.908 bits per heavy atom. The van der Waals surface area contributed by atoms with E-state index in [9.17, 15) is 0 Å². The van der Waals surface area contributed by atoms with Gasteiger partial charge < -0.3 is 4.90 Å². The van der Waals surface area contributed by atoms with Crippen molar-refractivity contribution in [2.24, 2.45) is 0 Å². The molecule has 0 saturated heterocycles. The molecular weight excluding hydrogens is 823 g/mol. The molecule has 0 atom stereocenters. The summed E-state index contributed by atoms with van der Waals surface area (Å²) in [5.74, 6) is 0. The van der Waals surface area contributed by atoms with Crippen LogP contribution < -0.4 is 4.90 Å². The fraction of sp³-hybridized carbons (Fsp3) is 0. The normalized spacial score (nSPS) is 12.5. The van der Waals surface area contributed by atoms with E-state index in [1.54, 1.807) is 0 Å². The highest BCUT2D eigenvalue weighted by Gasteiger charge is 2.27. The minimum atomic E-state index is 1.14. The van der Waals surface area contributed by atoms with Gasteiger partial charge in [0, 0.05) is 35.7 Å².